The first-order chi connectivity index (χ1) is 9.32. The molecule has 0 bridgehead atoms. The van der Waals surface area contributed by atoms with Gasteiger partial charge in [0.15, 0.2) is 5.78 Å². The Morgan fingerprint density at radius 3 is 2.35 bits per heavy atom. The molecule has 0 atom stereocenters. The highest BCUT2D eigenvalue weighted by Crippen LogP contribution is 2.14. The van der Waals surface area contributed by atoms with Crippen molar-refractivity contribution in [1.29, 1.82) is 0 Å². The summed E-state index contributed by atoms with van der Waals surface area (Å²) in [5.74, 6) is -0.0326. The molecule has 0 amide bonds. The third-order valence-electron chi connectivity index (χ3n) is 3.82. The number of aromatic nitrogens is 3. The Hall–Kier alpha value is -2.04. The monoisotopic (exact) mass is 275 g/mol. The maximum Gasteiger partial charge on any atom is 0.328 e. The summed E-state index contributed by atoms with van der Waals surface area (Å²) in [7, 11) is 1.93. The predicted octanol–water partition coefficient (Wildman–Crippen LogP) is 2.07. The molecular weight excluding hydrogens is 254 g/mol. The smallest absolute Gasteiger partial charge is 0.328 e. The number of nitrogens with zero attached hydrogens (tertiary/aromatic N) is 3. The van der Waals surface area contributed by atoms with Crippen LogP contribution in [-0.2, 0) is 13.6 Å². The molecule has 5 nitrogen and oxygen atoms in total. The van der Waals surface area contributed by atoms with E-state index < -0.39 is 0 Å². The highest BCUT2D eigenvalue weighted by Gasteiger charge is 2.16. The number of imidazole rings is 1. The van der Waals surface area contributed by atoms with Crippen molar-refractivity contribution in [2.45, 2.75) is 40.3 Å². The van der Waals surface area contributed by atoms with E-state index in [9.17, 15) is 9.59 Å². The van der Waals surface area contributed by atoms with Crippen molar-refractivity contribution in [3.8, 4) is 0 Å². The molecule has 0 saturated carbocycles. The second kappa shape index (κ2) is 5.15. The summed E-state index contributed by atoms with van der Waals surface area (Å²) in [5.41, 5.74) is 2.52. The maximum atomic E-state index is 12.3. The minimum absolute atomic E-state index is 0.0326. The van der Waals surface area contributed by atoms with Crippen LogP contribution in [0.1, 0.15) is 41.6 Å². The van der Waals surface area contributed by atoms with Crippen LogP contribution in [0.3, 0.4) is 0 Å². The number of rotatable bonds is 4. The Labute approximate surface area is 118 Å². The average molecular weight is 275 g/mol. The lowest BCUT2D eigenvalue weighted by Gasteiger charge is -2.05. The fourth-order valence-electron chi connectivity index (χ4n) is 2.32. The van der Waals surface area contributed by atoms with E-state index in [0.717, 1.165) is 11.4 Å². The Balaban J connectivity index is 2.28. The molecule has 0 fully saturated rings. The summed E-state index contributed by atoms with van der Waals surface area (Å²) >= 11 is 0. The molecule has 0 radical (unpaired) electrons. The van der Waals surface area contributed by atoms with Crippen LogP contribution in [0.2, 0.25) is 0 Å². The van der Waals surface area contributed by atoms with E-state index in [1.54, 1.807) is 17.0 Å². The summed E-state index contributed by atoms with van der Waals surface area (Å²) < 4.78 is 5.07. The van der Waals surface area contributed by atoms with Gasteiger partial charge >= 0.3 is 5.69 Å². The first kappa shape index (κ1) is 14.4. The Morgan fingerprint density at radius 1 is 1.25 bits per heavy atom. The zero-order valence-corrected chi connectivity index (χ0v) is 12.7. The van der Waals surface area contributed by atoms with E-state index >= 15 is 0 Å². The standard InChI is InChI=1S/C15H21N3O2/c1-10(2)18-7-6-17(15(18)20)9-14(19)13-8-11(3)16(5)12(13)4/h6-8,10H,9H2,1-5H3. The fourth-order valence-corrected chi connectivity index (χ4v) is 2.32. The van der Waals surface area contributed by atoms with Gasteiger partial charge in [-0.1, -0.05) is 0 Å². The Bertz CT molecular complexity index is 701. The van der Waals surface area contributed by atoms with Crippen LogP contribution in [-0.4, -0.2) is 19.5 Å². The molecule has 20 heavy (non-hydrogen) atoms. The van der Waals surface area contributed by atoms with Crippen LogP contribution in [0.4, 0.5) is 0 Å². The molecule has 0 unspecified atom stereocenters. The minimum atomic E-state index is -0.140. The summed E-state index contributed by atoms with van der Waals surface area (Å²) in [6.45, 7) is 7.85. The molecule has 0 aliphatic rings. The predicted molar refractivity (Wildman–Crippen MR) is 78.3 cm³/mol. The minimum Gasteiger partial charge on any atom is -0.351 e. The molecule has 0 saturated heterocycles. The third-order valence-corrected chi connectivity index (χ3v) is 3.82. The average Bonchev–Trinajstić information content (AvgIpc) is 2.86. The number of hydrogen-bond donors (Lipinski definition) is 0. The van der Waals surface area contributed by atoms with Gasteiger partial charge < -0.3 is 4.57 Å². The van der Waals surface area contributed by atoms with Gasteiger partial charge in [-0.05, 0) is 33.8 Å². The van der Waals surface area contributed by atoms with Crippen molar-refractivity contribution in [2.24, 2.45) is 7.05 Å². The molecule has 2 aromatic heterocycles. The number of carbonyl (C=O) groups is 1. The fraction of sp³-hybridized carbons (Fsp3) is 0.467. The SMILES string of the molecule is Cc1cc(C(=O)Cn2ccn(C(C)C)c2=O)c(C)n1C. The van der Waals surface area contributed by atoms with Crippen LogP contribution in [0.15, 0.2) is 23.3 Å². The zero-order valence-electron chi connectivity index (χ0n) is 12.7. The molecular formula is C15H21N3O2. The molecule has 108 valence electrons. The van der Waals surface area contributed by atoms with E-state index in [1.165, 1.54) is 4.57 Å². The Kier molecular flexibility index (Phi) is 3.70. The lowest BCUT2D eigenvalue weighted by Crippen LogP contribution is -2.27. The number of ketones is 1. The van der Waals surface area contributed by atoms with Gasteiger partial charge in [0.25, 0.3) is 0 Å². The molecule has 5 heteroatoms. The first-order valence-electron chi connectivity index (χ1n) is 6.76. The van der Waals surface area contributed by atoms with E-state index in [1.807, 2.05) is 45.4 Å². The molecule has 0 aliphatic carbocycles. The van der Waals surface area contributed by atoms with Crippen LogP contribution in [0.5, 0.6) is 0 Å². The van der Waals surface area contributed by atoms with E-state index in [2.05, 4.69) is 0 Å². The highest BCUT2D eigenvalue weighted by atomic mass is 16.2. The largest absolute Gasteiger partial charge is 0.351 e. The van der Waals surface area contributed by atoms with Crippen molar-refractivity contribution in [3.05, 3.63) is 45.9 Å². The lowest BCUT2D eigenvalue weighted by molar-refractivity contribution is 0.0970. The second-order valence-corrected chi connectivity index (χ2v) is 5.48. The molecule has 0 aromatic carbocycles. The van der Waals surface area contributed by atoms with Gasteiger partial charge in [-0.3, -0.25) is 13.9 Å². The summed E-state index contributed by atoms with van der Waals surface area (Å²) in [4.78, 5) is 24.5. The number of aryl methyl sites for hydroxylation is 1. The quantitative estimate of drug-likeness (QED) is 0.802. The van der Waals surface area contributed by atoms with Crippen LogP contribution < -0.4 is 5.69 Å². The normalized spacial score (nSPS) is 11.3. The first-order valence-corrected chi connectivity index (χ1v) is 6.76. The van der Waals surface area contributed by atoms with Crippen molar-refractivity contribution >= 4 is 5.78 Å². The topological polar surface area (TPSA) is 48.9 Å². The molecule has 0 aliphatic heterocycles. The molecule has 0 N–H and O–H groups in total. The third kappa shape index (κ3) is 2.35. The Morgan fingerprint density at radius 2 is 1.90 bits per heavy atom. The van der Waals surface area contributed by atoms with Gasteiger partial charge in [-0.25, -0.2) is 4.79 Å². The van der Waals surface area contributed by atoms with Gasteiger partial charge in [-0.15, -0.1) is 0 Å². The van der Waals surface area contributed by atoms with Crippen molar-refractivity contribution in [1.82, 2.24) is 13.7 Å². The van der Waals surface area contributed by atoms with Gasteiger partial charge in [0.1, 0.15) is 0 Å². The molecule has 2 aromatic rings. The van der Waals surface area contributed by atoms with E-state index in [4.69, 9.17) is 0 Å². The van der Waals surface area contributed by atoms with Gasteiger partial charge in [0.05, 0.1) is 6.54 Å². The van der Waals surface area contributed by atoms with Gasteiger partial charge in [0.2, 0.25) is 0 Å². The summed E-state index contributed by atoms with van der Waals surface area (Å²) in [6, 6.07) is 1.97. The summed E-state index contributed by atoms with van der Waals surface area (Å²) in [5, 5.41) is 0. The van der Waals surface area contributed by atoms with Crippen molar-refractivity contribution in [2.75, 3.05) is 0 Å². The highest BCUT2D eigenvalue weighted by molar-refractivity contribution is 5.97. The number of hydrogen-bond acceptors (Lipinski definition) is 2. The van der Waals surface area contributed by atoms with Crippen LogP contribution in [0, 0.1) is 13.8 Å². The number of Topliss-reactive ketones (excluding diaryl/α,β-unsaturated/α-hetero) is 1. The van der Waals surface area contributed by atoms with Crippen LogP contribution in [0.25, 0.3) is 0 Å². The zero-order chi connectivity index (χ0) is 15.0. The van der Waals surface area contributed by atoms with Gasteiger partial charge in [0, 0.05) is 42.4 Å². The van der Waals surface area contributed by atoms with Crippen molar-refractivity contribution in [3.63, 3.8) is 0 Å². The van der Waals surface area contributed by atoms with Gasteiger partial charge in [-0.2, -0.15) is 0 Å². The second-order valence-electron chi connectivity index (χ2n) is 5.48. The van der Waals surface area contributed by atoms with Crippen molar-refractivity contribution < 1.29 is 4.79 Å². The molecule has 0 spiro atoms. The maximum absolute atomic E-state index is 12.3. The van der Waals surface area contributed by atoms with E-state index in [-0.39, 0.29) is 24.1 Å². The molecule has 2 heterocycles. The lowest BCUT2D eigenvalue weighted by atomic mass is 10.1. The van der Waals surface area contributed by atoms with Crippen LogP contribution >= 0.6 is 0 Å². The number of carbonyl (C=O) groups excluding carboxylic acids is 1. The molecule has 2 rings (SSSR count). The summed E-state index contributed by atoms with van der Waals surface area (Å²) in [6.07, 6.45) is 3.40. The van der Waals surface area contributed by atoms with E-state index in [0.29, 0.717) is 5.56 Å².